The monoisotopic (exact) mass is 271 g/mol. The molecule has 1 amide bonds. The first-order valence-electron chi connectivity index (χ1n) is 5.76. The number of carbonyl (C=O) groups excluding carboxylic acids is 1. The molecule has 0 saturated carbocycles. The molecule has 0 aliphatic carbocycles. The number of aromatic nitrogens is 1. The van der Waals surface area contributed by atoms with Gasteiger partial charge in [0.25, 0.3) is 5.91 Å². The number of thiazole rings is 1. The van der Waals surface area contributed by atoms with E-state index in [-0.39, 0.29) is 5.69 Å². The topological polar surface area (TPSA) is 105 Å². The van der Waals surface area contributed by atoms with Gasteiger partial charge >= 0.3 is 5.97 Å². The molecular weight excluding hydrogens is 254 g/mol. The van der Waals surface area contributed by atoms with E-state index in [9.17, 15) is 9.59 Å². The number of carboxylic acids is 1. The molecule has 0 aliphatic heterocycles. The largest absolute Gasteiger partial charge is 0.480 e. The zero-order valence-corrected chi connectivity index (χ0v) is 11.0. The summed E-state index contributed by atoms with van der Waals surface area (Å²) in [5.74, 6) is -1.47. The predicted molar refractivity (Wildman–Crippen MR) is 68.7 cm³/mol. The molecule has 1 rings (SSSR count). The second-order valence-electron chi connectivity index (χ2n) is 3.82. The maximum atomic E-state index is 11.8. The lowest BCUT2D eigenvalue weighted by Crippen LogP contribution is -2.40. The number of nitrogens with zero attached hydrogens (tertiary/aromatic N) is 1. The van der Waals surface area contributed by atoms with Crippen molar-refractivity contribution in [1.82, 2.24) is 10.3 Å². The minimum Gasteiger partial charge on any atom is -0.480 e. The maximum absolute atomic E-state index is 11.8. The molecule has 100 valence electrons. The van der Waals surface area contributed by atoms with E-state index in [0.29, 0.717) is 25.8 Å². The summed E-state index contributed by atoms with van der Waals surface area (Å²) in [5.41, 5.74) is 5.65. The third-order valence-corrected chi connectivity index (χ3v) is 3.23. The average Bonchev–Trinajstić information content (AvgIpc) is 2.77. The average molecular weight is 271 g/mol. The standard InChI is InChI=1S/C11H17N3O3S/c1-2-3-7(11(16)17)14-10(15)8-6-18-9(13-8)4-5-12/h6-7H,2-5,12H2,1H3,(H,14,15)(H,16,17)/t7-/m0/s1. The van der Waals surface area contributed by atoms with Gasteiger partial charge in [0, 0.05) is 11.8 Å². The summed E-state index contributed by atoms with van der Waals surface area (Å²) in [6.07, 6.45) is 1.71. The van der Waals surface area contributed by atoms with E-state index in [0.717, 1.165) is 5.01 Å². The highest BCUT2D eigenvalue weighted by molar-refractivity contribution is 7.09. The van der Waals surface area contributed by atoms with Gasteiger partial charge in [-0.05, 0) is 13.0 Å². The van der Waals surface area contributed by atoms with E-state index < -0.39 is 17.9 Å². The first-order chi connectivity index (χ1) is 8.58. The van der Waals surface area contributed by atoms with Gasteiger partial charge in [-0.25, -0.2) is 9.78 Å². The van der Waals surface area contributed by atoms with Crippen molar-refractivity contribution in [2.45, 2.75) is 32.2 Å². The number of carboxylic acid groups (broad SMARTS) is 1. The quantitative estimate of drug-likeness (QED) is 0.674. The Morgan fingerprint density at radius 3 is 2.89 bits per heavy atom. The molecule has 1 heterocycles. The number of amides is 1. The first-order valence-corrected chi connectivity index (χ1v) is 6.64. The smallest absolute Gasteiger partial charge is 0.326 e. The molecule has 18 heavy (non-hydrogen) atoms. The van der Waals surface area contributed by atoms with Crippen LogP contribution in [0.2, 0.25) is 0 Å². The molecule has 1 aromatic heterocycles. The summed E-state index contributed by atoms with van der Waals surface area (Å²) in [4.78, 5) is 26.8. The van der Waals surface area contributed by atoms with E-state index in [1.807, 2.05) is 6.92 Å². The first kappa shape index (κ1) is 14.6. The Morgan fingerprint density at radius 1 is 1.61 bits per heavy atom. The second-order valence-corrected chi connectivity index (χ2v) is 4.76. The molecule has 4 N–H and O–H groups in total. The summed E-state index contributed by atoms with van der Waals surface area (Å²) in [6.45, 7) is 2.34. The number of hydrogen-bond donors (Lipinski definition) is 3. The molecule has 0 fully saturated rings. The second kappa shape index (κ2) is 7.07. The fourth-order valence-electron chi connectivity index (χ4n) is 1.43. The molecule has 0 spiro atoms. The van der Waals surface area contributed by atoms with Crippen molar-refractivity contribution in [2.24, 2.45) is 5.73 Å². The molecule has 6 nitrogen and oxygen atoms in total. The molecule has 0 saturated heterocycles. The molecule has 1 atom stereocenters. The van der Waals surface area contributed by atoms with Crippen LogP contribution < -0.4 is 11.1 Å². The van der Waals surface area contributed by atoms with Crippen LogP contribution in [-0.2, 0) is 11.2 Å². The minimum atomic E-state index is -1.03. The number of rotatable bonds is 7. The maximum Gasteiger partial charge on any atom is 0.326 e. The summed E-state index contributed by atoms with van der Waals surface area (Å²) >= 11 is 1.35. The Balaban J connectivity index is 2.64. The molecular formula is C11H17N3O3S. The van der Waals surface area contributed by atoms with Crippen molar-refractivity contribution in [3.05, 3.63) is 16.1 Å². The van der Waals surface area contributed by atoms with Crippen molar-refractivity contribution in [3.8, 4) is 0 Å². The van der Waals surface area contributed by atoms with Crippen LogP contribution in [0, 0.1) is 0 Å². The van der Waals surface area contributed by atoms with E-state index >= 15 is 0 Å². The van der Waals surface area contributed by atoms with Gasteiger partial charge in [-0.3, -0.25) is 4.79 Å². The van der Waals surface area contributed by atoms with Crippen molar-refractivity contribution in [1.29, 1.82) is 0 Å². The van der Waals surface area contributed by atoms with E-state index in [4.69, 9.17) is 10.8 Å². The molecule has 0 aliphatic rings. The number of nitrogens with two attached hydrogens (primary N) is 1. The van der Waals surface area contributed by atoms with Gasteiger partial charge in [0.1, 0.15) is 11.7 Å². The molecule has 0 radical (unpaired) electrons. The highest BCUT2D eigenvalue weighted by Crippen LogP contribution is 2.10. The van der Waals surface area contributed by atoms with Gasteiger partial charge in [-0.15, -0.1) is 11.3 Å². The minimum absolute atomic E-state index is 0.255. The molecule has 7 heteroatoms. The number of nitrogens with one attached hydrogen (secondary N) is 1. The zero-order chi connectivity index (χ0) is 13.5. The molecule has 1 aromatic rings. The van der Waals surface area contributed by atoms with Gasteiger partial charge in [0.05, 0.1) is 5.01 Å². The van der Waals surface area contributed by atoms with Crippen molar-refractivity contribution >= 4 is 23.2 Å². The summed E-state index contributed by atoms with van der Waals surface area (Å²) in [6, 6.07) is -0.859. The highest BCUT2D eigenvalue weighted by atomic mass is 32.1. The van der Waals surface area contributed by atoms with Crippen LogP contribution in [0.1, 0.15) is 35.3 Å². The van der Waals surface area contributed by atoms with E-state index in [2.05, 4.69) is 10.3 Å². The van der Waals surface area contributed by atoms with Gasteiger partial charge in [0.2, 0.25) is 0 Å². The fourth-order valence-corrected chi connectivity index (χ4v) is 2.23. The van der Waals surface area contributed by atoms with Crippen LogP contribution >= 0.6 is 11.3 Å². The van der Waals surface area contributed by atoms with Crippen LogP contribution in [0.15, 0.2) is 5.38 Å². The normalized spacial score (nSPS) is 12.1. The molecule has 0 unspecified atom stereocenters. The third kappa shape index (κ3) is 4.08. The van der Waals surface area contributed by atoms with Crippen LogP contribution in [-0.4, -0.2) is 34.6 Å². The molecule has 0 bridgehead atoms. The van der Waals surface area contributed by atoms with Crippen molar-refractivity contribution in [3.63, 3.8) is 0 Å². The van der Waals surface area contributed by atoms with Crippen LogP contribution in [0.4, 0.5) is 0 Å². The van der Waals surface area contributed by atoms with Crippen molar-refractivity contribution < 1.29 is 14.7 Å². The Morgan fingerprint density at radius 2 is 2.33 bits per heavy atom. The Labute approximate surface area is 109 Å². The van der Waals surface area contributed by atoms with Gasteiger partial charge < -0.3 is 16.2 Å². The number of carbonyl (C=O) groups is 2. The third-order valence-electron chi connectivity index (χ3n) is 2.32. The number of aliphatic carboxylic acids is 1. The summed E-state index contributed by atoms with van der Waals surface area (Å²) < 4.78 is 0. The van der Waals surface area contributed by atoms with Crippen LogP contribution in [0.3, 0.4) is 0 Å². The lowest BCUT2D eigenvalue weighted by molar-refractivity contribution is -0.139. The SMILES string of the molecule is CCC[C@H](NC(=O)c1csc(CCN)n1)C(=O)O. The Bertz CT molecular complexity index is 419. The Kier molecular flexibility index (Phi) is 5.73. The fraction of sp³-hybridized carbons (Fsp3) is 0.545. The lowest BCUT2D eigenvalue weighted by Gasteiger charge is -2.12. The van der Waals surface area contributed by atoms with Gasteiger partial charge in [-0.2, -0.15) is 0 Å². The van der Waals surface area contributed by atoms with Crippen molar-refractivity contribution in [2.75, 3.05) is 6.54 Å². The predicted octanol–water partition coefficient (Wildman–Crippen LogP) is 0.627. The van der Waals surface area contributed by atoms with Crippen LogP contribution in [0.5, 0.6) is 0 Å². The zero-order valence-electron chi connectivity index (χ0n) is 10.2. The summed E-state index contributed by atoms with van der Waals surface area (Å²) in [5, 5.41) is 13.8. The Hall–Kier alpha value is -1.47. The number of hydrogen-bond acceptors (Lipinski definition) is 5. The van der Waals surface area contributed by atoms with Gasteiger partial charge in [0.15, 0.2) is 0 Å². The van der Waals surface area contributed by atoms with E-state index in [1.165, 1.54) is 11.3 Å². The highest BCUT2D eigenvalue weighted by Gasteiger charge is 2.20. The van der Waals surface area contributed by atoms with E-state index in [1.54, 1.807) is 5.38 Å². The lowest BCUT2D eigenvalue weighted by atomic mass is 10.1. The van der Waals surface area contributed by atoms with Gasteiger partial charge in [-0.1, -0.05) is 13.3 Å². The molecule has 0 aromatic carbocycles. The summed E-state index contributed by atoms with van der Waals surface area (Å²) in [7, 11) is 0. The van der Waals surface area contributed by atoms with Crippen LogP contribution in [0.25, 0.3) is 0 Å².